The van der Waals surface area contributed by atoms with E-state index in [2.05, 4.69) is 36.2 Å². The van der Waals surface area contributed by atoms with Gasteiger partial charge in [-0.05, 0) is 38.5 Å². The molecule has 0 N–H and O–H groups in total. The first-order valence-corrected chi connectivity index (χ1v) is 10.4. The Labute approximate surface area is 170 Å². The van der Waals surface area contributed by atoms with Crippen LogP contribution < -0.4 is 0 Å². The summed E-state index contributed by atoms with van der Waals surface area (Å²) in [7, 11) is 0. The van der Waals surface area contributed by atoms with Gasteiger partial charge in [0, 0.05) is 11.3 Å². The van der Waals surface area contributed by atoms with Gasteiger partial charge in [0.05, 0.1) is 6.61 Å². The molecule has 0 spiro atoms. The molecule has 5 nitrogen and oxygen atoms in total. The van der Waals surface area contributed by atoms with E-state index in [4.69, 9.17) is 4.74 Å². The zero-order valence-corrected chi connectivity index (χ0v) is 17.3. The molecule has 0 fully saturated rings. The Morgan fingerprint density at radius 1 is 1.11 bits per heavy atom. The number of carbonyl (C=O) groups is 1. The Balaban J connectivity index is 2.05. The summed E-state index contributed by atoms with van der Waals surface area (Å²) < 4.78 is 7.28. The number of thioether (sulfide) groups is 1. The Morgan fingerprint density at radius 3 is 2.57 bits per heavy atom. The minimum atomic E-state index is -0.304. The molecule has 0 bridgehead atoms. The number of hydrogen-bond acceptors (Lipinski definition) is 5. The lowest BCUT2D eigenvalue weighted by Crippen LogP contribution is -2.20. The van der Waals surface area contributed by atoms with E-state index in [1.807, 2.05) is 54.0 Å². The van der Waals surface area contributed by atoms with Crippen molar-refractivity contribution in [3.05, 3.63) is 60.2 Å². The van der Waals surface area contributed by atoms with Crippen LogP contribution in [0.2, 0.25) is 0 Å². The number of para-hydroxylation sites is 1. The lowest BCUT2D eigenvalue weighted by molar-refractivity contribution is -0.142. The van der Waals surface area contributed by atoms with Crippen LogP contribution in [0.5, 0.6) is 0 Å². The smallest absolute Gasteiger partial charge is 0.319 e. The SMILES string of the molecule is CCC[C@@H](Sc1nnc(-c2cccc(C)c2)n1-c1ccccc1)C(=O)OCC. The monoisotopic (exact) mass is 395 g/mol. The maximum Gasteiger partial charge on any atom is 0.319 e. The number of ether oxygens (including phenoxy) is 1. The molecule has 3 aromatic rings. The second kappa shape index (κ2) is 9.55. The molecular weight excluding hydrogens is 370 g/mol. The fourth-order valence-corrected chi connectivity index (χ4v) is 4.13. The summed E-state index contributed by atoms with van der Waals surface area (Å²) in [4.78, 5) is 12.4. The number of hydrogen-bond donors (Lipinski definition) is 0. The molecule has 6 heteroatoms. The van der Waals surface area contributed by atoms with E-state index >= 15 is 0 Å². The highest BCUT2D eigenvalue weighted by Gasteiger charge is 2.25. The van der Waals surface area contributed by atoms with Crippen molar-refractivity contribution in [1.82, 2.24) is 14.8 Å². The molecule has 28 heavy (non-hydrogen) atoms. The van der Waals surface area contributed by atoms with Crippen molar-refractivity contribution in [1.29, 1.82) is 0 Å². The molecular formula is C22H25N3O2S. The molecule has 0 aliphatic carbocycles. The van der Waals surface area contributed by atoms with Gasteiger partial charge < -0.3 is 4.74 Å². The molecule has 2 aromatic carbocycles. The van der Waals surface area contributed by atoms with Gasteiger partial charge >= 0.3 is 5.97 Å². The van der Waals surface area contributed by atoms with E-state index < -0.39 is 0 Å². The van der Waals surface area contributed by atoms with Crippen molar-refractivity contribution in [2.75, 3.05) is 6.61 Å². The van der Waals surface area contributed by atoms with Gasteiger partial charge in [-0.3, -0.25) is 9.36 Å². The van der Waals surface area contributed by atoms with E-state index in [0.29, 0.717) is 11.8 Å². The van der Waals surface area contributed by atoms with Crippen LogP contribution in [-0.2, 0) is 9.53 Å². The molecule has 0 radical (unpaired) electrons. The fraction of sp³-hybridized carbons (Fsp3) is 0.318. The van der Waals surface area contributed by atoms with Crippen LogP contribution in [0.25, 0.3) is 17.1 Å². The van der Waals surface area contributed by atoms with Crippen molar-refractivity contribution in [3.8, 4) is 17.1 Å². The van der Waals surface area contributed by atoms with E-state index in [1.54, 1.807) is 0 Å². The first-order valence-electron chi connectivity index (χ1n) is 9.55. The van der Waals surface area contributed by atoms with Crippen LogP contribution in [-0.4, -0.2) is 32.6 Å². The predicted molar refractivity (Wildman–Crippen MR) is 113 cm³/mol. The number of rotatable bonds is 8. The molecule has 3 rings (SSSR count). The third-order valence-corrected chi connectivity index (χ3v) is 5.46. The molecule has 0 saturated carbocycles. The summed E-state index contributed by atoms with van der Waals surface area (Å²) in [5, 5.41) is 9.28. The third kappa shape index (κ3) is 4.62. The van der Waals surface area contributed by atoms with Crippen LogP contribution >= 0.6 is 11.8 Å². The first-order chi connectivity index (χ1) is 13.6. The van der Waals surface area contributed by atoms with Gasteiger partial charge in [-0.25, -0.2) is 0 Å². The Bertz CT molecular complexity index is 925. The standard InChI is InChI=1S/C22H25N3O2S/c1-4-10-19(21(26)27-5-2)28-22-24-23-20(17-12-9-11-16(3)15-17)25(22)18-13-7-6-8-14-18/h6-9,11-15,19H,4-5,10H2,1-3H3/t19-/m1/s1. The van der Waals surface area contributed by atoms with E-state index in [-0.39, 0.29) is 11.2 Å². The molecule has 146 valence electrons. The van der Waals surface area contributed by atoms with Crippen molar-refractivity contribution in [2.24, 2.45) is 0 Å². The number of aryl methyl sites for hydroxylation is 1. The van der Waals surface area contributed by atoms with Gasteiger partial charge in [0.2, 0.25) is 0 Å². The van der Waals surface area contributed by atoms with E-state index in [9.17, 15) is 4.79 Å². The van der Waals surface area contributed by atoms with Gasteiger partial charge in [-0.2, -0.15) is 0 Å². The third-order valence-electron chi connectivity index (χ3n) is 4.27. The molecule has 0 aliphatic heterocycles. The number of benzene rings is 2. The van der Waals surface area contributed by atoms with Crippen LogP contribution in [0.1, 0.15) is 32.3 Å². The number of nitrogens with zero attached hydrogens (tertiary/aromatic N) is 3. The predicted octanol–water partition coefficient (Wildman–Crippen LogP) is 5.07. The molecule has 1 atom stereocenters. The molecule has 0 unspecified atom stereocenters. The lowest BCUT2D eigenvalue weighted by Gasteiger charge is -2.15. The number of aromatic nitrogens is 3. The van der Waals surface area contributed by atoms with Crippen molar-refractivity contribution in [2.45, 2.75) is 44.0 Å². The minimum absolute atomic E-state index is 0.200. The van der Waals surface area contributed by atoms with Gasteiger partial charge in [0.25, 0.3) is 0 Å². The first kappa shape index (κ1) is 20.1. The summed E-state index contributed by atoms with van der Waals surface area (Å²) in [6.07, 6.45) is 1.62. The highest BCUT2D eigenvalue weighted by atomic mass is 32.2. The summed E-state index contributed by atoms with van der Waals surface area (Å²) in [5.74, 6) is 0.561. The Morgan fingerprint density at radius 2 is 1.89 bits per heavy atom. The fourth-order valence-electron chi connectivity index (χ4n) is 2.98. The van der Waals surface area contributed by atoms with Crippen LogP contribution in [0.15, 0.2) is 59.8 Å². The van der Waals surface area contributed by atoms with Gasteiger partial charge in [-0.15, -0.1) is 10.2 Å². The summed E-state index contributed by atoms with van der Waals surface area (Å²) in [5.41, 5.74) is 3.11. The second-order valence-corrected chi connectivity index (χ2v) is 7.66. The van der Waals surface area contributed by atoms with Crippen molar-refractivity contribution < 1.29 is 9.53 Å². The Kier molecular flexibility index (Phi) is 6.87. The average molecular weight is 396 g/mol. The van der Waals surface area contributed by atoms with Crippen molar-refractivity contribution >= 4 is 17.7 Å². The number of carbonyl (C=O) groups excluding carboxylic acids is 1. The quantitative estimate of drug-likeness (QED) is 0.394. The second-order valence-electron chi connectivity index (χ2n) is 6.49. The summed E-state index contributed by atoms with van der Waals surface area (Å²) in [6.45, 7) is 6.32. The van der Waals surface area contributed by atoms with Crippen LogP contribution in [0.4, 0.5) is 0 Å². The maximum absolute atomic E-state index is 12.4. The van der Waals surface area contributed by atoms with E-state index in [0.717, 1.165) is 35.5 Å². The molecule has 1 heterocycles. The summed E-state index contributed by atoms with van der Waals surface area (Å²) >= 11 is 1.42. The summed E-state index contributed by atoms with van der Waals surface area (Å²) in [6, 6.07) is 18.2. The molecule has 1 aromatic heterocycles. The highest BCUT2D eigenvalue weighted by Crippen LogP contribution is 2.32. The Hall–Kier alpha value is -2.60. The molecule has 0 amide bonds. The van der Waals surface area contributed by atoms with Crippen LogP contribution in [0.3, 0.4) is 0 Å². The molecule has 0 saturated heterocycles. The van der Waals surface area contributed by atoms with Crippen LogP contribution in [0, 0.1) is 6.92 Å². The van der Waals surface area contributed by atoms with Gasteiger partial charge in [-0.1, -0.05) is 67.1 Å². The topological polar surface area (TPSA) is 57.0 Å². The number of esters is 1. The average Bonchev–Trinajstić information content (AvgIpc) is 3.12. The molecule has 0 aliphatic rings. The van der Waals surface area contributed by atoms with Gasteiger partial charge in [0.1, 0.15) is 5.25 Å². The zero-order chi connectivity index (χ0) is 19.9. The van der Waals surface area contributed by atoms with Gasteiger partial charge in [0.15, 0.2) is 11.0 Å². The van der Waals surface area contributed by atoms with E-state index in [1.165, 1.54) is 11.8 Å². The maximum atomic E-state index is 12.4. The normalized spacial score (nSPS) is 12.0. The lowest BCUT2D eigenvalue weighted by atomic mass is 10.1. The van der Waals surface area contributed by atoms with Crippen molar-refractivity contribution in [3.63, 3.8) is 0 Å². The zero-order valence-electron chi connectivity index (χ0n) is 16.5. The highest BCUT2D eigenvalue weighted by molar-refractivity contribution is 8.00. The minimum Gasteiger partial charge on any atom is -0.465 e. The largest absolute Gasteiger partial charge is 0.465 e.